The van der Waals surface area contributed by atoms with Crippen LogP contribution in [0.5, 0.6) is 0 Å². The maximum Gasteiger partial charge on any atom is 0.421 e. The number of carbonyl (C=O) groups excluding carboxylic acids is 1. The van der Waals surface area contributed by atoms with Gasteiger partial charge in [0.25, 0.3) is 5.91 Å². The molecule has 7 rings (SSSR count). The summed E-state index contributed by atoms with van der Waals surface area (Å²) in [5.74, 6) is 2.19. The molecule has 1 aromatic heterocycles. The Morgan fingerprint density at radius 2 is 1.62 bits per heavy atom. The molecule has 1 amide bonds. The molecular formula is C29H37F3N6O. The summed E-state index contributed by atoms with van der Waals surface area (Å²) in [5.41, 5.74) is 0.341. The second-order valence-corrected chi connectivity index (χ2v) is 12.2. The van der Waals surface area contributed by atoms with Gasteiger partial charge in [-0.25, -0.2) is 4.98 Å². The number of anilines is 3. The maximum atomic E-state index is 13.9. The third kappa shape index (κ3) is 5.44. The number of alkyl halides is 3. The van der Waals surface area contributed by atoms with Crippen LogP contribution in [-0.2, 0) is 6.18 Å². The summed E-state index contributed by atoms with van der Waals surface area (Å²) in [5, 5.41) is 6.26. The number of nitrogens with zero attached hydrogens (tertiary/aromatic N) is 4. The van der Waals surface area contributed by atoms with Crippen molar-refractivity contribution >= 4 is 23.4 Å². The Balaban J connectivity index is 1.16. The maximum absolute atomic E-state index is 13.9. The molecule has 5 aliphatic rings. The fourth-order valence-corrected chi connectivity index (χ4v) is 7.66. The molecule has 0 radical (unpaired) electrons. The standard InChI is InChI=1S/C29H37F3N6O/c1-37-9-7-23(8-10-37)38(2)27(39)19-3-5-22(6-4-19)34-28-33-16-24(29(30,31)32)26(36-28)35-25-20-12-17-11-18(14-20)15-21(25)13-17/h3-6,16-18,20-21,23,25H,7-15H2,1-2H3,(H2,33,34,35,36). The van der Waals surface area contributed by atoms with Gasteiger partial charge in [-0.2, -0.15) is 18.2 Å². The lowest BCUT2D eigenvalue weighted by Gasteiger charge is -2.54. The highest BCUT2D eigenvalue weighted by Crippen LogP contribution is 2.54. The first kappa shape index (κ1) is 26.3. The zero-order valence-corrected chi connectivity index (χ0v) is 22.5. The van der Waals surface area contributed by atoms with Crippen molar-refractivity contribution in [2.24, 2.45) is 23.7 Å². The molecule has 0 unspecified atom stereocenters. The lowest BCUT2D eigenvalue weighted by atomic mass is 9.54. The first-order chi connectivity index (χ1) is 18.6. The van der Waals surface area contributed by atoms with E-state index in [0.717, 1.165) is 69.6 Å². The quantitative estimate of drug-likeness (QED) is 0.492. The largest absolute Gasteiger partial charge is 0.421 e. The molecule has 4 saturated carbocycles. The van der Waals surface area contributed by atoms with Gasteiger partial charge in [-0.15, -0.1) is 0 Å². The Kier molecular flexibility index (Phi) is 6.93. The molecule has 0 atom stereocenters. The van der Waals surface area contributed by atoms with Crippen LogP contribution < -0.4 is 10.6 Å². The summed E-state index contributed by atoms with van der Waals surface area (Å²) in [7, 11) is 3.94. The molecule has 10 heteroatoms. The van der Waals surface area contributed by atoms with E-state index in [1.807, 2.05) is 11.9 Å². The predicted octanol–water partition coefficient (Wildman–Crippen LogP) is 5.64. The Bertz CT molecular complexity index is 1170. The van der Waals surface area contributed by atoms with Crippen LogP contribution in [0, 0.1) is 23.7 Å². The van der Waals surface area contributed by atoms with Gasteiger partial charge in [0.2, 0.25) is 5.95 Å². The monoisotopic (exact) mass is 542 g/mol. The van der Waals surface area contributed by atoms with Crippen LogP contribution in [-0.4, -0.2) is 64.9 Å². The molecule has 2 aromatic rings. The zero-order chi connectivity index (χ0) is 27.3. The topological polar surface area (TPSA) is 73.4 Å². The third-order valence-electron chi connectivity index (χ3n) is 9.57. The van der Waals surface area contributed by atoms with Crippen molar-refractivity contribution in [1.82, 2.24) is 19.8 Å². The molecule has 5 fully saturated rings. The van der Waals surface area contributed by atoms with Crippen LogP contribution in [0.3, 0.4) is 0 Å². The van der Waals surface area contributed by atoms with Gasteiger partial charge >= 0.3 is 6.18 Å². The minimum atomic E-state index is -4.55. The highest BCUT2D eigenvalue weighted by molar-refractivity contribution is 5.94. The fraction of sp³-hybridized carbons (Fsp3) is 0.621. The molecule has 2 N–H and O–H groups in total. The lowest BCUT2D eigenvalue weighted by molar-refractivity contribution is -0.137. The molecule has 4 bridgehead atoms. The number of piperidine rings is 1. The number of hydrogen-bond donors (Lipinski definition) is 2. The summed E-state index contributed by atoms with van der Waals surface area (Å²) in [6.45, 7) is 1.94. The number of aromatic nitrogens is 2. The molecule has 210 valence electrons. The predicted molar refractivity (Wildman–Crippen MR) is 144 cm³/mol. The van der Waals surface area contributed by atoms with Crippen LogP contribution in [0.1, 0.15) is 60.9 Å². The van der Waals surface area contributed by atoms with Crippen molar-refractivity contribution in [3.63, 3.8) is 0 Å². The molecule has 1 aliphatic heterocycles. The van der Waals surface area contributed by atoms with Crippen molar-refractivity contribution in [3.8, 4) is 0 Å². The highest BCUT2D eigenvalue weighted by Gasteiger charge is 2.49. The average Bonchev–Trinajstić information content (AvgIpc) is 2.90. The highest BCUT2D eigenvalue weighted by atomic mass is 19.4. The molecule has 1 saturated heterocycles. The number of amides is 1. The number of carbonyl (C=O) groups is 1. The minimum absolute atomic E-state index is 0.0218. The Morgan fingerprint density at radius 1 is 1.00 bits per heavy atom. The average molecular weight is 543 g/mol. The van der Waals surface area contributed by atoms with Crippen LogP contribution >= 0.6 is 0 Å². The second kappa shape index (κ2) is 10.3. The van der Waals surface area contributed by atoms with Gasteiger partial charge in [-0.1, -0.05) is 0 Å². The van der Waals surface area contributed by atoms with E-state index >= 15 is 0 Å². The van der Waals surface area contributed by atoms with E-state index in [9.17, 15) is 18.0 Å². The minimum Gasteiger partial charge on any atom is -0.366 e. The lowest BCUT2D eigenvalue weighted by Crippen LogP contribution is -2.51. The Hall–Kier alpha value is -2.88. The van der Waals surface area contributed by atoms with Crippen LogP contribution in [0.15, 0.2) is 30.5 Å². The Morgan fingerprint density at radius 3 is 2.21 bits per heavy atom. The van der Waals surface area contributed by atoms with E-state index in [2.05, 4.69) is 32.5 Å². The van der Waals surface area contributed by atoms with Gasteiger partial charge in [0, 0.05) is 36.6 Å². The molecular weight excluding hydrogens is 505 g/mol. The molecule has 4 aliphatic carbocycles. The van der Waals surface area contributed by atoms with Crippen LogP contribution in [0.25, 0.3) is 0 Å². The summed E-state index contributed by atoms with van der Waals surface area (Å²) in [6.07, 6.45) is 3.89. The van der Waals surface area contributed by atoms with Crippen molar-refractivity contribution in [2.45, 2.75) is 63.2 Å². The molecule has 0 spiro atoms. The number of benzene rings is 1. The zero-order valence-electron chi connectivity index (χ0n) is 22.5. The summed E-state index contributed by atoms with van der Waals surface area (Å²) in [4.78, 5) is 25.4. The van der Waals surface area contributed by atoms with Gasteiger partial charge < -0.3 is 20.4 Å². The summed E-state index contributed by atoms with van der Waals surface area (Å²) < 4.78 is 41.6. The van der Waals surface area contributed by atoms with E-state index in [1.54, 1.807) is 24.3 Å². The van der Waals surface area contributed by atoms with E-state index < -0.39 is 11.7 Å². The van der Waals surface area contributed by atoms with Crippen LogP contribution in [0.2, 0.25) is 0 Å². The molecule has 7 nitrogen and oxygen atoms in total. The van der Waals surface area contributed by atoms with Crippen LogP contribution in [0.4, 0.5) is 30.6 Å². The van der Waals surface area contributed by atoms with Gasteiger partial charge in [0.1, 0.15) is 11.4 Å². The van der Waals surface area contributed by atoms with E-state index in [-0.39, 0.29) is 29.8 Å². The summed E-state index contributed by atoms with van der Waals surface area (Å²) >= 11 is 0. The molecule has 1 aromatic carbocycles. The van der Waals surface area contributed by atoms with E-state index in [4.69, 9.17) is 0 Å². The molecule has 2 heterocycles. The first-order valence-electron chi connectivity index (χ1n) is 14.2. The van der Waals surface area contributed by atoms with Gasteiger partial charge in [0.05, 0.1) is 0 Å². The number of rotatable bonds is 6. The number of hydrogen-bond acceptors (Lipinski definition) is 6. The smallest absolute Gasteiger partial charge is 0.366 e. The van der Waals surface area contributed by atoms with Crippen molar-refractivity contribution in [1.29, 1.82) is 0 Å². The fourth-order valence-electron chi connectivity index (χ4n) is 7.66. The van der Waals surface area contributed by atoms with Gasteiger partial charge in [-0.3, -0.25) is 4.79 Å². The molecule has 39 heavy (non-hydrogen) atoms. The normalized spacial score (nSPS) is 28.9. The Labute approximate surface area is 227 Å². The first-order valence-corrected chi connectivity index (χ1v) is 14.2. The number of halogens is 3. The number of nitrogens with one attached hydrogen (secondary N) is 2. The van der Waals surface area contributed by atoms with Gasteiger partial charge in [0.15, 0.2) is 0 Å². The number of likely N-dealkylation sites (tertiary alicyclic amines) is 1. The van der Waals surface area contributed by atoms with Crippen molar-refractivity contribution < 1.29 is 18.0 Å². The SMILES string of the molecule is CN1CCC(N(C)C(=O)c2ccc(Nc3ncc(C(F)(F)F)c(NC4C5CC6CC(C5)CC4C6)n3)cc2)CC1. The summed E-state index contributed by atoms with van der Waals surface area (Å²) in [6, 6.07) is 7.17. The third-order valence-corrected chi connectivity index (χ3v) is 9.57. The van der Waals surface area contributed by atoms with Gasteiger partial charge in [-0.05, 0) is 113 Å². The van der Waals surface area contributed by atoms with E-state index in [0.29, 0.717) is 23.1 Å². The van der Waals surface area contributed by atoms with Crippen molar-refractivity contribution in [3.05, 3.63) is 41.6 Å². The van der Waals surface area contributed by atoms with E-state index in [1.165, 1.54) is 6.42 Å². The van der Waals surface area contributed by atoms with Crippen molar-refractivity contribution in [2.75, 3.05) is 37.8 Å². The second-order valence-electron chi connectivity index (χ2n) is 12.2.